The molecule has 0 aromatic heterocycles. The highest BCUT2D eigenvalue weighted by molar-refractivity contribution is 14.1. The van der Waals surface area contributed by atoms with E-state index in [1.165, 1.54) is 0 Å². The lowest BCUT2D eigenvalue weighted by molar-refractivity contribution is -0.131. The Balaban J connectivity index is 1.98. The molecule has 1 saturated heterocycles. The third kappa shape index (κ3) is 3.30. The molecule has 2 aliphatic rings. The van der Waals surface area contributed by atoms with E-state index in [0.29, 0.717) is 12.3 Å². The lowest BCUT2D eigenvalue weighted by atomic mass is 9.63. The maximum atomic E-state index is 13.9. The molecule has 0 bridgehead atoms. The largest absolute Gasteiger partial charge is 0.347 e. The van der Waals surface area contributed by atoms with Gasteiger partial charge in [0.15, 0.2) is 0 Å². The van der Waals surface area contributed by atoms with Crippen LogP contribution in [0.4, 0.5) is 0 Å². The zero-order valence-electron chi connectivity index (χ0n) is 18.0. The quantitative estimate of drug-likeness (QED) is 0.628. The van der Waals surface area contributed by atoms with Gasteiger partial charge in [0.2, 0.25) is 5.91 Å². The SMILES string of the molecule is CC(C)C[C@H]1N[C@@H](C(=O)N(C)C)[C@H](c2ccccc2)[C@@]12C(=O)Cc1cc(I)ccc12. The molecule has 4 rings (SSSR count). The van der Waals surface area contributed by atoms with Gasteiger partial charge in [-0.2, -0.15) is 0 Å². The van der Waals surface area contributed by atoms with Gasteiger partial charge in [0.1, 0.15) is 5.78 Å². The molecule has 1 aliphatic heterocycles. The molecule has 2 aromatic carbocycles. The van der Waals surface area contributed by atoms with Gasteiger partial charge in [0, 0.05) is 36.0 Å². The van der Waals surface area contributed by atoms with Crippen LogP contribution in [0, 0.1) is 9.49 Å². The fraction of sp³-hybridized carbons (Fsp3) is 0.440. The average molecular weight is 516 g/mol. The van der Waals surface area contributed by atoms with E-state index in [1.54, 1.807) is 19.0 Å². The molecule has 158 valence electrons. The summed E-state index contributed by atoms with van der Waals surface area (Å²) in [7, 11) is 3.59. The van der Waals surface area contributed by atoms with E-state index in [-0.39, 0.29) is 23.7 Å². The zero-order chi connectivity index (χ0) is 21.6. The Hall–Kier alpha value is -1.73. The van der Waals surface area contributed by atoms with E-state index in [9.17, 15) is 9.59 Å². The maximum Gasteiger partial charge on any atom is 0.239 e. The van der Waals surface area contributed by atoms with Crippen molar-refractivity contribution in [2.24, 2.45) is 5.92 Å². The van der Waals surface area contributed by atoms with Crippen molar-refractivity contribution in [3.8, 4) is 0 Å². The highest BCUT2D eigenvalue weighted by Crippen LogP contribution is 2.55. The minimum atomic E-state index is -0.721. The third-order valence-corrected chi connectivity index (χ3v) is 7.32. The molecule has 1 heterocycles. The van der Waals surface area contributed by atoms with E-state index in [4.69, 9.17) is 0 Å². The van der Waals surface area contributed by atoms with Crippen LogP contribution in [0.3, 0.4) is 0 Å². The molecule has 5 heteroatoms. The van der Waals surface area contributed by atoms with Gasteiger partial charge in [0.25, 0.3) is 0 Å². The summed E-state index contributed by atoms with van der Waals surface area (Å²) in [5.74, 6) is 0.442. The van der Waals surface area contributed by atoms with Crippen LogP contribution in [0.1, 0.15) is 42.9 Å². The lowest BCUT2D eigenvalue weighted by Crippen LogP contribution is -2.47. The van der Waals surface area contributed by atoms with Crippen LogP contribution >= 0.6 is 22.6 Å². The molecule has 0 radical (unpaired) electrons. The summed E-state index contributed by atoms with van der Waals surface area (Å²) in [5, 5.41) is 3.66. The third-order valence-electron chi connectivity index (χ3n) is 6.65. The monoisotopic (exact) mass is 516 g/mol. The summed E-state index contributed by atoms with van der Waals surface area (Å²) >= 11 is 2.31. The first kappa shape index (κ1) is 21.5. The Bertz CT molecular complexity index is 972. The van der Waals surface area contributed by atoms with Gasteiger partial charge in [-0.05, 0) is 63.8 Å². The summed E-state index contributed by atoms with van der Waals surface area (Å²) in [6.45, 7) is 4.37. The van der Waals surface area contributed by atoms with Crippen molar-refractivity contribution < 1.29 is 9.59 Å². The number of Topliss-reactive ketones (excluding diaryl/α,β-unsaturated/α-hetero) is 1. The van der Waals surface area contributed by atoms with E-state index in [2.05, 4.69) is 72.1 Å². The number of likely N-dealkylation sites (N-methyl/N-ethyl adjacent to an activating group) is 1. The number of amides is 1. The van der Waals surface area contributed by atoms with Crippen LogP contribution in [0.5, 0.6) is 0 Å². The molecule has 1 N–H and O–H groups in total. The number of rotatable bonds is 4. The summed E-state index contributed by atoms with van der Waals surface area (Å²) in [6.07, 6.45) is 1.28. The number of carbonyl (C=O) groups is 2. The highest BCUT2D eigenvalue weighted by Gasteiger charge is 2.64. The number of nitrogens with zero attached hydrogens (tertiary/aromatic N) is 1. The predicted molar refractivity (Wildman–Crippen MR) is 128 cm³/mol. The number of benzene rings is 2. The van der Waals surface area contributed by atoms with Crippen LogP contribution in [0.2, 0.25) is 0 Å². The van der Waals surface area contributed by atoms with Gasteiger partial charge in [-0.15, -0.1) is 0 Å². The molecule has 1 aliphatic carbocycles. The van der Waals surface area contributed by atoms with Gasteiger partial charge in [-0.3, -0.25) is 9.59 Å². The van der Waals surface area contributed by atoms with Crippen LogP contribution in [-0.4, -0.2) is 42.8 Å². The smallest absolute Gasteiger partial charge is 0.239 e. The topological polar surface area (TPSA) is 49.4 Å². The molecule has 2 aromatic rings. The Morgan fingerprint density at radius 2 is 1.90 bits per heavy atom. The first-order valence-corrected chi connectivity index (χ1v) is 11.7. The zero-order valence-corrected chi connectivity index (χ0v) is 20.1. The summed E-state index contributed by atoms with van der Waals surface area (Å²) in [4.78, 5) is 28.9. The maximum absolute atomic E-state index is 13.9. The lowest BCUT2D eigenvalue weighted by Gasteiger charge is -2.37. The number of fused-ring (bicyclic) bond motifs is 2. The Morgan fingerprint density at radius 3 is 2.53 bits per heavy atom. The Kier molecular flexibility index (Phi) is 5.79. The second-order valence-electron chi connectivity index (χ2n) is 9.22. The fourth-order valence-corrected chi connectivity index (χ4v) is 6.12. The molecule has 1 fully saturated rings. The van der Waals surface area contributed by atoms with E-state index < -0.39 is 11.5 Å². The minimum Gasteiger partial charge on any atom is -0.347 e. The number of hydrogen-bond donors (Lipinski definition) is 1. The second kappa shape index (κ2) is 8.08. The average Bonchev–Trinajstić information content (AvgIpc) is 3.17. The number of ketones is 1. The second-order valence-corrected chi connectivity index (χ2v) is 10.5. The summed E-state index contributed by atoms with van der Waals surface area (Å²) in [5.41, 5.74) is 2.55. The minimum absolute atomic E-state index is 0.0289. The Labute approximate surface area is 192 Å². The van der Waals surface area contributed by atoms with E-state index >= 15 is 0 Å². The molecule has 0 saturated carbocycles. The van der Waals surface area contributed by atoms with Gasteiger partial charge < -0.3 is 10.2 Å². The van der Waals surface area contributed by atoms with Crippen molar-refractivity contribution in [3.05, 3.63) is 68.8 Å². The van der Waals surface area contributed by atoms with E-state index in [1.807, 2.05) is 18.2 Å². The molecule has 1 spiro atoms. The number of hydrogen-bond acceptors (Lipinski definition) is 3. The molecule has 4 nitrogen and oxygen atoms in total. The first-order chi connectivity index (χ1) is 14.3. The van der Waals surface area contributed by atoms with Gasteiger partial charge in [-0.1, -0.05) is 50.2 Å². The molecular formula is C25H29IN2O2. The Morgan fingerprint density at radius 1 is 1.20 bits per heavy atom. The van der Waals surface area contributed by atoms with Crippen molar-refractivity contribution in [2.75, 3.05) is 14.1 Å². The van der Waals surface area contributed by atoms with Crippen molar-refractivity contribution in [2.45, 2.75) is 50.1 Å². The highest BCUT2D eigenvalue weighted by atomic mass is 127. The number of nitrogens with one attached hydrogen (secondary N) is 1. The summed E-state index contributed by atoms with van der Waals surface area (Å²) < 4.78 is 1.14. The van der Waals surface area contributed by atoms with Crippen molar-refractivity contribution >= 4 is 34.3 Å². The molecular weight excluding hydrogens is 487 g/mol. The normalized spacial score (nSPS) is 27.7. The number of carbonyl (C=O) groups excluding carboxylic acids is 2. The predicted octanol–water partition coefficient (Wildman–Crippen LogP) is 3.91. The van der Waals surface area contributed by atoms with Gasteiger partial charge in [0.05, 0.1) is 11.5 Å². The van der Waals surface area contributed by atoms with Crippen LogP contribution in [0.25, 0.3) is 0 Å². The van der Waals surface area contributed by atoms with Crippen molar-refractivity contribution in [1.29, 1.82) is 0 Å². The standard InChI is InChI=1S/C25H29IN2O2/c1-15(2)12-20-25(19-11-10-18(26)13-17(19)14-21(25)29)22(16-8-6-5-7-9-16)23(27-20)24(30)28(3)4/h5-11,13,15,20,22-23,27H,12,14H2,1-4H3/t20-,22+,23-,25-/m1/s1. The van der Waals surface area contributed by atoms with Crippen LogP contribution < -0.4 is 5.32 Å². The molecule has 4 atom stereocenters. The summed E-state index contributed by atoms with van der Waals surface area (Å²) in [6, 6.07) is 16.0. The van der Waals surface area contributed by atoms with Crippen molar-refractivity contribution in [1.82, 2.24) is 10.2 Å². The van der Waals surface area contributed by atoms with Gasteiger partial charge >= 0.3 is 0 Å². The first-order valence-electron chi connectivity index (χ1n) is 10.6. The molecule has 0 unspecified atom stereocenters. The number of halogens is 1. The van der Waals surface area contributed by atoms with Crippen LogP contribution in [0.15, 0.2) is 48.5 Å². The fourth-order valence-electron chi connectivity index (χ4n) is 5.56. The van der Waals surface area contributed by atoms with Crippen LogP contribution in [-0.2, 0) is 21.4 Å². The molecule has 1 amide bonds. The van der Waals surface area contributed by atoms with Crippen molar-refractivity contribution in [3.63, 3.8) is 0 Å². The van der Waals surface area contributed by atoms with E-state index in [0.717, 1.165) is 26.7 Å². The van der Waals surface area contributed by atoms with Gasteiger partial charge in [-0.25, -0.2) is 0 Å². The molecule has 30 heavy (non-hydrogen) atoms.